The summed E-state index contributed by atoms with van der Waals surface area (Å²) in [5.41, 5.74) is 6.57. The summed E-state index contributed by atoms with van der Waals surface area (Å²) >= 11 is 0. The number of hydrogen-bond acceptors (Lipinski definition) is 4. The molecule has 1 aliphatic rings. The van der Waals surface area contributed by atoms with Gasteiger partial charge in [0, 0.05) is 31.2 Å². The van der Waals surface area contributed by atoms with Crippen molar-refractivity contribution in [3.05, 3.63) is 23.7 Å². The van der Waals surface area contributed by atoms with E-state index in [1.54, 1.807) is 0 Å². The van der Waals surface area contributed by atoms with Gasteiger partial charge in [-0.25, -0.2) is 0 Å². The minimum absolute atomic E-state index is 0.111. The normalized spacial score (nSPS) is 23.7. The second-order valence-electron chi connectivity index (χ2n) is 6.67. The maximum absolute atomic E-state index is 6.40. The first kappa shape index (κ1) is 15.5. The molecule has 0 amide bonds. The van der Waals surface area contributed by atoms with Gasteiger partial charge in [0.25, 0.3) is 0 Å². The van der Waals surface area contributed by atoms with Gasteiger partial charge in [0.15, 0.2) is 0 Å². The van der Waals surface area contributed by atoms with E-state index in [1.165, 1.54) is 0 Å². The number of nitrogens with two attached hydrogens (primary N) is 1. The number of piperazine rings is 1. The molecule has 0 bridgehead atoms. The molecule has 20 heavy (non-hydrogen) atoms. The predicted molar refractivity (Wildman–Crippen MR) is 82.7 cm³/mol. The van der Waals surface area contributed by atoms with Crippen LogP contribution in [-0.2, 0) is 0 Å². The van der Waals surface area contributed by atoms with Crippen LogP contribution in [0.2, 0.25) is 0 Å². The molecule has 4 heteroatoms. The Hall–Kier alpha value is -0.840. The van der Waals surface area contributed by atoms with Crippen LogP contribution in [0.4, 0.5) is 0 Å². The van der Waals surface area contributed by atoms with Crippen molar-refractivity contribution >= 4 is 0 Å². The van der Waals surface area contributed by atoms with Crippen LogP contribution in [0.3, 0.4) is 0 Å². The third-order valence-corrected chi connectivity index (χ3v) is 4.67. The molecule has 1 saturated heterocycles. The van der Waals surface area contributed by atoms with E-state index in [4.69, 9.17) is 10.2 Å². The van der Waals surface area contributed by atoms with Gasteiger partial charge in [0.1, 0.15) is 11.5 Å². The lowest BCUT2D eigenvalue weighted by Gasteiger charge is -2.48. The highest BCUT2D eigenvalue weighted by molar-refractivity contribution is 5.13. The van der Waals surface area contributed by atoms with E-state index < -0.39 is 0 Å². The lowest BCUT2D eigenvalue weighted by Crippen LogP contribution is -2.59. The highest BCUT2D eigenvalue weighted by Gasteiger charge is 2.37. The molecule has 114 valence electrons. The van der Waals surface area contributed by atoms with Gasteiger partial charge in [-0.05, 0) is 46.4 Å². The summed E-state index contributed by atoms with van der Waals surface area (Å²) in [5, 5.41) is 0. The minimum atomic E-state index is 0.111. The molecule has 2 N–H and O–H groups in total. The quantitative estimate of drug-likeness (QED) is 0.919. The second kappa shape index (κ2) is 5.88. The van der Waals surface area contributed by atoms with Crippen molar-refractivity contribution in [2.24, 2.45) is 5.73 Å². The van der Waals surface area contributed by atoms with E-state index in [0.717, 1.165) is 37.6 Å². The van der Waals surface area contributed by atoms with E-state index in [0.29, 0.717) is 0 Å². The molecular formula is C16H29N3O. The lowest BCUT2D eigenvalue weighted by molar-refractivity contribution is 0.00404. The van der Waals surface area contributed by atoms with Gasteiger partial charge in [-0.15, -0.1) is 0 Å². The maximum Gasteiger partial charge on any atom is 0.122 e. The zero-order valence-electron chi connectivity index (χ0n) is 13.5. The van der Waals surface area contributed by atoms with Crippen molar-refractivity contribution in [3.63, 3.8) is 0 Å². The fourth-order valence-electron chi connectivity index (χ4n) is 3.01. The summed E-state index contributed by atoms with van der Waals surface area (Å²) in [7, 11) is 2.20. The summed E-state index contributed by atoms with van der Waals surface area (Å²) in [6.45, 7) is 11.8. The standard InChI is InChI=1S/C16H29N3O/c1-6-13(17)15(14-8-7-12(2)20-14)19-10-9-18(5)16(3,4)11-19/h7-8,13,15H,6,9-11,17H2,1-5H3. The highest BCUT2D eigenvalue weighted by Crippen LogP contribution is 2.31. The fraction of sp³-hybridized carbons (Fsp3) is 0.750. The molecule has 1 aromatic heterocycles. The first-order valence-electron chi connectivity index (χ1n) is 7.62. The highest BCUT2D eigenvalue weighted by atomic mass is 16.3. The van der Waals surface area contributed by atoms with Gasteiger partial charge in [0.05, 0.1) is 6.04 Å². The molecule has 0 saturated carbocycles. The Morgan fingerprint density at radius 1 is 1.35 bits per heavy atom. The van der Waals surface area contributed by atoms with Crippen LogP contribution in [-0.4, -0.2) is 48.1 Å². The molecule has 2 rings (SSSR count). The Morgan fingerprint density at radius 3 is 2.55 bits per heavy atom. The third-order valence-electron chi connectivity index (χ3n) is 4.67. The van der Waals surface area contributed by atoms with E-state index in [2.05, 4.69) is 43.7 Å². The molecule has 2 heterocycles. The Morgan fingerprint density at radius 2 is 2.05 bits per heavy atom. The Balaban J connectivity index is 2.24. The number of likely N-dealkylation sites (N-methyl/N-ethyl adjacent to an activating group) is 1. The Bertz CT molecular complexity index is 441. The molecule has 1 fully saturated rings. The molecule has 4 nitrogen and oxygen atoms in total. The van der Waals surface area contributed by atoms with Crippen LogP contribution >= 0.6 is 0 Å². The van der Waals surface area contributed by atoms with Crippen LogP contribution in [0, 0.1) is 6.92 Å². The molecule has 0 spiro atoms. The van der Waals surface area contributed by atoms with Crippen molar-refractivity contribution in [1.82, 2.24) is 9.80 Å². The molecule has 2 unspecified atom stereocenters. The number of hydrogen-bond donors (Lipinski definition) is 1. The molecule has 1 aliphatic heterocycles. The average molecular weight is 279 g/mol. The summed E-state index contributed by atoms with van der Waals surface area (Å²) in [6.07, 6.45) is 0.956. The van der Waals surface area contributed by atoms with Gasteiger partial charge in [-0.3, -0.25) is 9.80 Å². The smallest absolute Gasteiger partial charge is 0.122 e. The van der Waals surface area contributed by atoms with Gasteiger partial charge >= 0.3 is 0 Å². The van der Waals surface area contributed by atoms with Gasteiger partial charge in [0.2, 0.25) is 0 Å². The monoisotopic (exact) mass is 279 g/mol. The van der Waals surface area contributed by atoms with Gasteiger partial charge in [-0.2, -0.15) is 0 Å². The van der Waals surface area contributed by atoms with Crippen LogP contribution in [0.5, 0.6) is 0 Å². The van der Waals surface area contributed by atoms with Crippen molar-refractivity contribution < 1.29 is 4.42 Å². The molecule has 1 aromatic rings. The summed E-state index contributed by atoms with van der Waals surface area (Å²) in [4.78, 5) is 4.91. The van der Waals surface area contributed by atoms with E-state index in [-0.39, 0.29) is 17.6 Å². The van der Waals surface area contributed by atoms with Crippen molar-refractivity contribution in [2.75, 3.05) is 26.7 Å². The predicted octanol–water partition coefficient (Wildman–Crippen LogP) is 2.39. The van der Waals surface area contributed by atoms with Crippen molar-refractivity contribution in [2.45, 2.75) is 51.7 Å². The minimum Gasteiger partial charge on any atom is -0.465 e. The largest absolute Gasteiger partial charge is 0.465 e. The molecule has 0 aromatic carbocycles. The van der Waals surface area contributed by atoms with E-state index in [1.807, 2.05) is 13.0 Å². The topological polar surface area (TPSA) is 45.6 Å². The lowest BCUT2D eigenvalue weighted by atomic mass is 9.94. The first-order chi connectivity index (χ1) is 9.35. The van der Waals surface area contributed by atoms with E-state index in [9.17, 15) is 0 Å². The molecular weight excluding hydrogens is 250 g/mol. The summed E-state index contributed by atoms with van der Waals surface area (Å²) in [5.74, 6) is 1.97. The second-order valence-corrected chi connectivity index (χ2v) is 6.67. The number of aryl methyl sites for hydroxylation is 1. The fourth-order valence-corrected chi connectivity index (χ4v) is 3.01. The zero-order valence-corrected chi connectivity index (χ0v) is 13.5. The summed E-state index contributed by atoms with van der Waals surface area (Å²) < 4.78 is 5.88. The van der Waals surface area contributed by atoms with Crippen LogP contribution in [0.25, 0.3) is 0 Å². The van der Waals surface area contributed by atoms with Crippen molar-refractivity contribution in [1.29, 1.82) is 0 Å². The molecule has 2 atom stereocenters. The number of furan rings is 1. The van der Waals surface area contributed by atoms with Crippen LogP contribution < -0.4 is 5.73 Å². The zero-order chi connectivity index (χ0) is 14.9. The van der Waals surface area contributed by atoms with Gasteiger partial charge in [-0.1, -0.05) is 6.92 Å². The van der Waals surface area contributed by atoms with Crippen molar-refractivity contribution in [3.8, 4) is 0 Å². The SMILES string of the molecule is CCC(N)C(c1ccc(C)o1)N1CCN(C)C(C)(C)C1. The third kappa shape index (κ3) is 3.08. The Labute approximate surface area is 122 Å². The molecule has 0 radical (unpaired) electrons. The number of nitrogens with zero attached hydrogens (tertiary/aromatic N) is 2. The summed E-state index contributed by atoms with van der Waals surface area (Å²) in [6, 6.07) is 4.41. The maximum atomic E-state index is 6.40. The van der Waals surface area contributed by atoms with E-state index >= 15 is 0 Å². The Kier molecular flexibility index (Phi) is 4.57. The van der Waals surface area contributed by atoms with Crippen LogP contribution in [0.15, 0.2) is 16.5 Å². The average Bonchev–Trinajstić information content (AvgIpc) is 2.80. The first-order valence-corrected chi connectivity index (χ1v) is 7.62. The van der Waals surface area contributed by atoms with Crippen LogP contribution in [0.1, 0.15) is 44.8 Å². The number of rotatable bonds is 4. The van der Waals surface area contributed by atoms with Gasteiger partial charge < -0.3 is 10.2 Å². The molecule has 0 aliphatic carbocycles.